The zero-order valence-corrected chi connectivity index (χ0v) is 18.6. The third-order valence-electron chi connectivity index (χ3n) is 6.22. The summed E-state index contributed by atoms with van der Waals surface area (Å²) in [6, 6.07) is 0. The fraction of sp³-hybridized carbons (Fsp3) is 1.00. The predicted molar refractivity (Wildman–Crippen MR) is 109 cm³/mol. The third kappa shape index (κ3) is 9.14. The van der Waals surface area contributed by atoms with Crippen molar-refractivity contribution < 1.29 is 27.4 Å². The van der Waals surface area contributed by atoms with Crippen molar-refractivity contribution in [3.8, 4) is 0 Å². The van der Waals surface area contributed by atoms with Crippen molar-refractivity contribution in [1.29, 1.82) is 0 Å². The van der Waals surface area contributed by atoms with Gasteiger partial charge in [-0.05, 0) is 37.0 Å². The van der Waals surface area contributed by atoms with Crippen molar-refractivity contribution in [2.45, 2.75) is 116 Å². The van der Waals surface area contributed by atoms with E-state index in [1.807, 2.05) is 0 Å². The lowest BCUT2D eigenvalue weighted by Gasteiger charge is -2.38. The van der Waals surface area contributed by atoms with E-state index >= 15 is 0 Å². The Hall–Kier alpha value is -0.330. The van der Waals surface area contributed by atoms with Gasteiger partial charge in [-0.2, -0.15) is 13.2 Å². The van der Waals surface area contributed by atoms with Gasteiger partial charge in [-0.3, -0.25) is 0 Å². The second-order valence-corrected chi connectivity index (χ2v) is 10.1. The van der Waals surface area contributed by atoms with Crippen LogP contribution in [0.4, 0.5) is 13.2 Å². The van der Waals surface area contributed by atoms with Crippen molar-refractivity contribution in [3.05, 3.63) is 0 Å². The lowest BCUT2D eigenvalue weighted by Crippen LogP contribution is -2.44. The van der Waals surface area contributed by atoms with Gasteiger partial charge in [0.2, 0.25) is 0 Å². The molecule has 1 unspecified atom stereocenters. The van der Waals surface area contributed by atoms with Crippen LogP contribution >= 0.6 is 0 Å². The first-order valence-electron chi connectivity index (χ1n) is 11.6. The van der Waals surface area contributed by atoms with Crippen molar-refractivity contribution in [2.24, 2.45) is 11.3 Å². The van der Waals surface area contributed by atoms with Gasteiger partial charge in [0, 0.05) is 19.4 Å². The highest BCUT2D eigenvalue weighted by molar-refractivity contribution is 4.88. The van der Waals surface area contributed by atoms with Gasteiger partial charge in [0.15, 0.2) is 11.9 Å². The normalized spacial score (nSPS) is 21.7. The molecule has 1 atom stereocenters. The lowest BCUT2D eigenvalue weighted by molar-refractivity contribution is -0.251. The molecule has 0 radical (unpaired) electrons. The molecule has 2 rings (SSSR count). The lowest BCUT2D eigenvalue weighted by atomic mass is 9.81. The molecule has 0 N–H and O–H groups in total. The molecule has 0 aromatic carbocycles. The molecule has 0 aromatic heterocycles. The minimum absolute atomic E-state index is 0.197. The number of halogens is 3. The first-order valence-corrected chi connectivity index (χ1v) is 11.6. The molecule has 1 aliphatic heterocycles. The smallest absolute Gasteiger partial charge is 0.368 e. The number of hydrogen-bond donors (Lipinski definition) is 0. The number of hydrogen-bond acceptors (Lipinski definition) is 3. The van der Waals surface area contributed by atoms with Gasteiger partial charge in [-0.1, -0.05) is 59.3 Å². The van der Waals surface area contributed by atoms with Crippen LogP contribution in [0.15, 0.2) is 0 Å². The molecule has 1 saturated heterocycles. The summed E-state index contributed by atoms with van der Waals surface area (Å²) in [6.45, 7) is 8.08. The van der Waals surface area contributed by atoms with E-state index in [4.69, 9.17) is 14.2 Å². The highest BCUT2D eigenvalue weighted by atomic mass is 19.4. The Bertz CT molecular complexity index is 443. The number of unbranched alkanes of at least 4 members (excludes halogenated alkanes) is 6. The molecule has 2 fully saturated rings. The average molecular weight is 423 g/mol. The van der Waals surface area contributed by atoms with Gasteiger partial charge in [-0.15, -0.1) is 0 Å². The van der Waals surface area contributed by atoms with Crippen LogP contribution in [-0.2, 0) is 14.2 Å². The first-order chi connectivity index (χ1) is 13.6. The maximum absolute atomic E-state index is 13.5. The van der Waals surface area contributed by atoms with Crippen LogP contribution in [0.25, 0.3) is 0 Å². The van der Waals surface area contributed by atoms with Crippen LogP contribution in [-0.4, -0.2) is 37.9 Å². The minimum Gasteiger partial charge on any atom is -0.368 e. The van der Waals surface area contributed by atoms with Crippen LogP contribution in [0, 0.1) is 11.3 Å². The summed E-state index contributed by atoms with van der Waals surface area (Å²) >= 11 is 0. The molecule has 1 heterocycles. The topological polar surface area (TPSA) is 27.7 Å². The Labute approximate surface area is 175 Å². The summed E-state index contributed by atoms with van der Waals surface area (Å²) in [6.07, 6.45) is 4.86. The molecule has 0 aromatic rings. The summed E-state index contributed by atoms with van der Waals surface area (Å²) in [5, 5.41) is 0. The first kappa shape index (κ1) is 24.9. The Morgan fingerprint density at radius 1 is 0.862 bits per heavy atom. The van der Waals surface area contributed by atoms with E-state index < -0.39 is 24.0 Å². The van der Waals surface area contributed by atoms with Crippen molar-refractivity contribution in [1.82, 2.24) is 0 Å². The van der Waals surface area contributed by atoms with E-state index in [9.17, 15) is 13.2 Å². The third-order valence-corrected chi connectivity index (χ3v) is 6.22. The van der Waals surface area contributed by atoms with Gasteiger partial charge in [0.25, 0.3) is 0 Å². The Morgan fingerprint density at radius 2 is 1.38 bits per heavy atom. The van der Waals surface area contributed by atoms with Gasteiger partial charge < -0.3 is 14.2 Å². The highest BCUT2D eigenvalue weighted by Crippen LogP contribution is 2.43. The second-order valence-electron chi connectivity index (χ2n) is 10.1. The summed E-state index contributed by atoms with van der Waals surface area (Å²) < 4.78 is 57.2. The second kappa shape index (κ2) is 11.3. The van der Waals surface area contributed by atoms with E-state index in [-0.39, 0.29) is 6.61 Å². The highest BCUT2D eigenvalue weighted by Gasteiger charge is 2.50. The maximum Gasteiger partial charge on any atom is 0.414 e. The maximum atomic E-state index is 13.5. The number of alkyl halides is 3. The Kier molecular flexibility index (Phi) is 9.75. The van der Waals surface area contributed by atoms with Gasteiger partial charge >= 0.3 is 6.18 Å². The molecule has 29 heavy (non-hydrogen) atoms. The molecule has 1 saturated carbocycles. The fourth-order valence-corrected chi connectivity index (χ4v) is 4.52. The van der Waals surface area contributed by atoms with Crippen LogP contribution in [0.5, 0.6) is 0 Å². The number of rotatable bonds is 11. The molecule has 6 heteroatoms. The molecule has 3 nitrogen and oxygen atoms in total. The minimum atomic E-state index is -4.31. The quantitative estimate of drug-likeness (QED) is 0.334. The van der Waals surface area contributed by atoms with E-state index in [1.165, 1.54) is 25.7 Å². The molecule has 1 spiro atoms. The summed E-state index contributed by atoms with van der Waals surface area (Å²) in [7, 11) is 0. The zero-order chi connectivity index (χ0) is 21.4. The number of ether oxygens (including phenoxy) is 3. The Morgan fingerprint density at radius 3 is 1.90 bits per heavy atom. The van der Waals surface area contributed by atoms with Gasteiger partial charge in [0.1, 0.15) is 0 Å². The van der Waals surface area contributed by atoms with E-state index in [0.717, 1.165) is 19.3 Å². The van der Waals surface area contributed by atoms with Crippen LogP contribution in [0.3, 0.4) is 0 Å². The summed E-state index contributed by atoms with van der Waals surface area (Å²) in [4.78, 5) is 0. The van der Waals surface area contributed by atoms with E-state index in [2.05, 4.69) is 20.8 Å². The van der Waals surface area contributed by atoms with E-state index in [0.29, 0.717) is 50.7 Å². The summed E-state index contributed by atoms with van der Waals surface area (Å²) in [5.41, 5.74) is 0.405. The van der Waals surface area contributed by atoms with Gasteiger partial charge in [-0.25, -0.2) is 0 Å². The molecular weight excluding hydrogens is 381 g/mol. The molecule has 172 valence electrons. The SMILES string of the molecule is CC(C)(C)CCCCCCCCCOC(C1CCC2(CC1)OCCO2)C(F)(F)F. The molecular formula is C23H41F3O3. The molecule has 0 bridgehead atoms. The van der Waals surface area contributed by atoms with Crippen molar-refractivity contribution >= 4 is 0 Å². The van der Waals surface area contributed by atoms with Crippen molar-refractivity contribution in [2.75, 3.05) is 19.8 Å². The van der Waals surface area contributed by atoms with Crippen LogP contribution in [0.2, 0.25) is 0 Å². The monoisotopic (exact) mass is 422 g/mol. The average Bonchev–Trinajstić information content (AvgIpc) is 3.07. The summed E-state index contributed by atoms with van der Waals surface area (Å²) in [5.74, 6) is -1.12. The van der Waals surface area contributed by atoms with Crippen molar-refractivity contribution in [3.63, 3.8) is 0 Å². The largest absolute Gasteiger partial charge is 0.414 e. The van der Waals surface area contributed by atoms with Gasteiger partial charge in [0.05, 0.1) is 13.2 Å². The van der Waals surface area contributed by atoms with E-state index in [1.54, 1.807) is 0 Å². The van der Waals surface area contributed by atoms with Crippen LogP contribution in [0.1, 0.15) is 97.8 Å². The van der Waals surface area contributed by atoms with Crippen LogP contribution < -0.4 is 0 Å². The Balaban J connectivity index is 1.57. The fourth-order valence-electron chi connectivity index (χ4n) is 4.52. The predicted octanol–water partition coefficient (Wildman–Crippen LogP) is 7.03. The molecule has 1 aliphatic carbocycles. The molecule has 2 aliphatic rings. The molecule has 0 amide bonds. The zero-order valence-electron chi connectivity index (χ0n) is 18.6. The standard InChI is InChI=1S/C23H41F3O3/c1-21(2,3)13-9-7-5-4-6-8-10-16-27-20(23(24,25)26)19-11-14-22(15-12-19)28-17-18-29-22/h19-20H,4-18H2,1-3H3.